The first kappa shape index (κ1) is 32.2. The van der Waals surface area contributed by atoms with Crippen LogP contribution in [0, 0.1) is 11.8 Å². The lowest BCUT2D eigenvalue weighted by Crippen LogP contribution is -2.53. The zero-order chi connectivity index (χ0) is 32.5. The average molecular weight is 646 g/mol. The molecule has 0 bridgehead atoms. The first-order valence-electron chi connectivity index (χ1n) is 16.2. The smallest absolute Gasteiger partial charge is 0.251 e. The third-order valence-electron chi connectivity index (χ3n) is 9.71. The summed E-state index contributed by atoms with van der Waals surface area (Å²) in [6, 6.07) is 14.1. The Labute approximate surface area is 275 Å². The van der Waals surface area contributed by atoms with Gasteiger partial charge in [0.15, 0.2) is 0 Å². The lowest BCUT2D eigenvalue weighted by molar-refractivity contribution is -0.139. The van der Waals surface area contributed by atoms with E-state index in [0.717, 1.165) is 30.0 Å². The van der Waals surface area contributed by atoms with Crippen LogP contribution in [0.2, 0.25) is 0 Å². The summed E-state index contributed by atoms with van der Waals surface area (Å²) in [5.41, 5.74) is 1.47. The largest absolute Gasteiger partial charge is 0.497 e. The van der Waals surface area contributed by atoms with E-state index in [1.165, 1.54) is 0 Å². The Balaban J connectivity index is 1.39. The molecule has 10 heteroatoms. The summed E-state index contributed by atoms with van der Waals surface area (Å²) in [4.78, 5) is 49.4. The van der Waals surface area contributed by atoms with E-state index < -0.39 is 27.4 Å². The van der Waals surface area contributed by atoms with Crippen molar-refractivity contribution < 1.29 is 29.0 Å². The highest BCUT2D eigenvalue weighted by atomic mass is 32.2. The fourth-order valence-corrected chi connectivity index (χ4v) is 9.78. The zero-order valence-corrected chi connectivity index (χ0v) is 27.6. The summed E-state index contributed by atoms with van der Waals surface area (Å²) in [5.74, 6) is -0.340. The molecule has 0 radical (unpaired) electrons. The van der Waals surface area contributed by atoms with Gasteiger partial charge in [0.05, 0.1) is 30.3 Å². The van der Waals surface area contributed by atoms with E-state index in [4.69, 9.17) is 9.47 Å². The van der Waals surface area contributed by atoms with Crippen LogP contribution in [0.4, 0.5) is 11.4 Å². The Morgan fingerprint density at radius 2 is 1.41 bits per heavy atom. The van der Waals surface area contributed by atoms with Gasteiger partial charge >= 0.3 is 0 Å². The summed E-state index contributed by atoms with van der Waals surface area (Å²) in [7, 11) is 1.60. The molecular formula is C36H43N3O6S. The van der Waals surface area contributed by atoms with Gasteiger partial charge in [-0.2, -0.15) is 0 Å². The van der Waals surface area contributed by atoms with Crippen LogP contribution in [0.5, 0.6) is 11.5 Å². The molecule has 4 heterocycles. The molecule has 2 aromatic carbocycles. The molecule has 46 heavy (non-hydrogen) atoms. The first-order valence-corrected chi connectivity index (χ1v) is 17.1. The summed E-state index contributed by atoms with van der Waals surface area (Å²) < 4.78 is 9.36. The number of hydrogen-bond donors (Lipinski definition) is 1. The Morgan fingerprint density at radius 1 is 0.804 bits per heavy atom. The maximum atomic E-state index is 14.7. The summed E-state index contributed by atoms with van der Waals surface area (Å²) in [6.07, 6.45) is 11.2. The molecule has 9 nitrogen and oxygen atoms in total. The van der Waals surface area contributed by atoms with Gasteiger partial charge in [-0.25, -0.2) is 0 Å². The lowest BCUT2D eigenvalue weighted by Gasteiger charge is -2.37. The van der Waals surface area contributed by atoms with E-state index in [2.05, 4.69) is 12.2 Å². The number of aliphatic hydroxyl groups excluding tert-OH is 1. The molecule has 0 saturated carbocycles. The zero-order valence-electron chi connectivity index (χ0n) is 26.8. The second-order valence-electron chi connectivity index (χ2n) is 12.5. The average Bonchev–Trinajstić information content (AvgIpc) is 3.32. The minimum absolute atomic E-state index is 0.111. The first-order chi connectivity index (χ1) is 22.3. The number of unbranched alkanes of at least 4 members (excludes halogenated alkanes) is 3. The van der Waals surface area contributed by atoms with Crippen LogP contribution >= 0.6 is 11.8 Å². The van der Waals surface area contributed by atoms with E-state index in [1.54, 1.807) is 33.6 Å². The van der Waals surface area contributed by atoms with Crippen molar-refractivity contribution in [1.29, 1.82) is 0 Å². The maximum absolute atomic E-state index is 14.7. The number of anilines is 2. The number of thioether (sulfide) groups is 1. The quantitative estimate of drug-likeness (QED) is 0.276. The molecule has 6 rings (SSSR count). The second kappa shape index (κ2) is 13.2. The van der Waals surface area contributed by atoms with Crippen molar-refractivity contribution in [3.05, 3.63) is 72.8 Å². The number of carbonyl (C=O) groups excluding carboxylic acids is 3. The van der Waals surface area contributed by atoms with Crippen LogP contribution < -0.4 is 19.3 Å². The van der Waals surface area contributed by atoms with Gasteiger partial charge in [0.1, 0.15) is 17.5 Å². The number of benzene rings is 2. The number of carbonyl (C=O) groups is 3. The second-order valence-corrected chi connectivity index (χ2v) is 14.3. The lowest BCUT2D eigenvalue weighted by atomic mass is 9.74. The van der Waals surface area contributed by atoms with Crippen molar-refractivity contribution in [2.45, 2.75) is 55.1 Å². The summed E-state index contributed by atoms with van der Waals surface area (Å²) in [5, 5.41) is 9.26. The Hall–Kier alpha value is -3.76. The van der Waals surface area contributed by atoms with Crippen LogP contribution in [-0.2, 0) is 14.4 Å². The number of amides is 3. The number of rotatable bonds is 11. The SMILES string of the molecule is CCOc1ccc(N2CC=C[C@@]3(C)S[C@]45C=CCN(c6ccc(OC)cc6)C(=O)C4N(CCCCCCO)C(=O)[C@@H]5[C@H]3C2=O)cc1. The minimum Gasteiger partial charge on any atom is -0.497 e. The van der Waals surface area contributed by atoms with Crippen molar-refractivity contribution >= 4 is 40.9 Å². The number of ether oxygens (including phenoxy) is 2. The standard InChI is InChI=1S/C36H43N3O6S/c1-4-45-28-17-13-25(14-18-28)37-22-9-19-35(2)29(32(37)41)30-33(42)39(21-7-5-6-8-24-40)31-34(43)38(23-10-20-36(30,31)46-35)26-11-15-27(44-3)16-12-26/h9-20,29-31,40H,4-8,21-24H2,1-3H3/t29-,30-,31?,35+,36-/m0/s1. The monoisotopic (exact) mass is 645 g/mol. The molecular weight excluding hydrogens is 602 g/mol. The van der Waals surface area contributed by atoms with Crippen LogP contribution in [-0.4, -0.2) is 83.2 Å². The predicted octanol–water partition coefficient (Wildman–Crippen LogP) is 4.84. The minimum atomic E-state index is -0.915. The van der Waals surface area contributed by atoms with Crippen molar-refractivity contribution in [2.75, 3.05) is 49.8 Å². The molecule has 3 amide bonds. The number of methoxy groups -OCH3 is 1. The van der Waals surface area contributed by atoms with Crippen molar-refractivity contribution in [2.24, 2.45) is 11.8 Å². The number of likely N-dealkylation sites (tertiary alicyclic amines) is 1. The molecule has 0 aliphatic carbocycles. The van der Waals surface area contributed by atoms with Gasteiger partial charge in [-0.05, 0) is 75.2 Å². The number of nitrogens with zero attached hydrogens (tertiary/aromatic N) is 3. The van der Waals surface area contributed by atoms with Gasteiger partial charge in [0, 0.05) is 42.4 Å². The fraction of sp³-hybridized carbons (Fsp3) is 0.472. The van der Waals surface area contributed by atoms with E-state index in [-0.39, 0.29) is 24.3 Å². The molecule has 2 fully saturated rings. The number of aliphatic hydroxyl groups is 1. The highest BCUT2D eigenvalue weighted by molar-refractivity contribution is 8.02. The molecule has 2 aromatic rings. The maximum Gasteiger partial charge on any atom is 0.251 e. The van der Waals surface area contributed by atoms with Gasteiger partial charge in [0.25, 0.3) is 5.91 Å². The Morgan fingerprint density at radius 3 is 2.04 bits per heavy atom. The van der Waals surface area contributed by atoms with E-state index in [9.17, 15) is 19.5 Å². The molecule has 244 valence electrons. The summed E-state index contributed by atoms with van der Waals surface area (Å²) in [6.45, 7) is 5.82. The van der Waals surface area contributed by atoms with Crippen LogP contribution in [0.25, 0.3) is 0 Å². The number of fused-ring (bicyclic) bond motifs is 2. The van der Waals surface area contributed by atoms with Gasteiger partial charge < -0.3 is 29.3 Å². The number of hydrogen-bond acceptors (Lipinski definition) is 7. The fourth-order valence-electron chi connectivity index (χ4n) is 7.62. The normalized spacial score (nSPS) is 28.6. The van der Waals surface area contributed by atoms with Crippen molar-refractivity contribution in [3.8, 4) is 11.5 Å². The summed E-state index contributed by atoms with van der Waals surface area (Å²) >= 11 is 1.59. The van der Waals surface area contributed by atoms with Crippen LogP contribution in [0.15, 0.2) is 72.8 Å². The molecule has 4 aliphatic heterocycles. The molecule has 0 aromatic heterocycles. The third-order valence-corrected chi connectivity index (χ3v) is 11.5. The van der Waals surface area contributed by atoms with Gasteiger partial charge in [-0.1, -0.05) is 37.1 Å². The molecule has 1 spiro atoms. The van der Waals surface area contributed by atoms with Crippen molar-refractivity contribution in [1.82, 2.24) is 4.90 Å². The van der Waals surface area contributed by atoms with E-state index >= 15 is 0 Å². The molecule has 4 aliphatic rings. The van der Waals surface area contributed by atoms with E-state index in [0.29, 0.717) is 44.8 Å². The predicted molar refractivity (Wildman–Crippen MR) is 180 cm³/mol. The highest BCUT2D eigenvalue weighted by Crippen LogP contribution is 2.65. The van der Waals surface area contributed by atoms with Crippen LogP contribution in [0.3, 0.4) is 0 Å². The van der Waals surface area contributed by atoms with Crippen LogP contribution in [0.1, 0.15) is 39.5 Å². The topological polar surface area (TPSA) is 99.6 Å². The molecule has 1 unspecified atom stereocenters. The third kappa shape index (κ3) is 5.49. The highest BCUT2D eigenvalue weighted by Gasteiger charge is 2.74. The van der Waals surface area contributed by atoms with Crippen molar-refractivity contribution in [3.63, 3.8) is 0 Å². The van der Waals surface area contributed by atoms with Gasteiger partial charge in [0.2, 0.25) is 11.8 Å². The van der Waals surface area contributed by atoms with E-state index in [1.807, 2.05) is 74.5 Å². The molecule has 1 N–H and O–H groups in total. The Bertz CT molecular complexity index is 1510. The molecule has 5 atom stereocenters. The Kier molecular flexibility index (Phi) is 9.21. The van der Waals surface area contributed by atoms with Gasteiger partial charge in [-0.15, -0.1) is 11.8 Å². The van der Waals surface area contributed by atoms with Gasteiger partial charge in [-0.3, -0.25) is 14.4 Å². The molecule has 2 saturated heterocycles.